The first-order valence-electron chi connectivity index (χ1n) is 7.05. The van der Waals surface area contributed by atoms with E-state index in [1.54, 1.807) is 0 Å². The molecule has 1 atom stereocenters. The van der Waals surface area contributed by atoms with E-state index in [-0.39, 0.29) is 5.54 Å². The van der Waals surface area contributed by atoms with Crippen LogP contribution in [0.3, 0.4) is 0 Å². The number of rotatable bonds is 4. The van der Waals surface area contributed by atoms with E-state index in [1.165, 1.54) is 12.0 Å². The first-order valence-corrected chi connectivity index (χ1v) is 7.05. The van der Waals surface area contributed by atoms with Gasteiger partial charge in [0.1, 0.15) is 0 Å². The molecule has 18 heavy (non-hydrogen) atoms. The predicted octanol–water partition coefficient (Wildman–Crippen LogP) is 1.87. The minimum atomic E-state index is 0.222. The van der Waals surface area contributed by atoms with E-state index < -0.39 is 0 Å². The molecule has 1 N–H and O–H groups in total. The van der Waals surface area contributed by atoms with E-state index in [2.05, 4.69) is 49.2 Å². The highest BCUT2D eigenvalue weighted by Crippen LogP contribution is 2.22. The van der Waals surface area contributed by atoms with E-state index in [0.717, 1.165) is 26.2 Å². The second-order valence-corrected chi connectivity index (χ2v) is 5.88. The van der Waals surface area contributed by atoms with Gasteiger partial charge in [0.2, 0.25) is 0 Å². The minimum Gasteiger partial charge on any atom is -0.311 e. The molecule has 1 aromatic heterocycles. The maximum atomic E-state index is 4.36. The molecule has 1 aliphatic heterocycles. The van der Waals surface area contributed by atoms with Gasteiger partial charge in [-0.2, -0.15) is 5.10 Å². The summed E-state index contributed by atoms with van der Waals surface area (Å²) in [7, 11) is 0. The third-order valence-electron chi connectivity index (χ3n) is 4.00. The molecule has 0 aromatic carbocycles. The first kappa shape index (κ1) is 13.6. The van der Waals surface area contributed by atoms with Crippen molar-refractivity contribution in [2.75, 3.05) is 13.1 Å². The van der Waals surface area contributed by atoms with Crippen LogP contribution in [0.5, 0.6) is 0 Å². The standard InChI is InChI=1S/C14H26N4/c1-5-13-10-17(14(3,4)11-15-13)8-12-7-16-18(6-2)9-12/h7,9,13,15H,5-6,8,10-11H2,1-4H3. The van der Waals surface area contributed by atoms with Gasteiger partial charge in [0.15, 0.2) is 0 Å². The predicted molar refractivity (Wildman–Crippen MR) is 74.5 cm³/mol. The summed E-state index contributed by atoms with van der Waals surface area (Å²) >= 11 is 0. The summed E-state index contributed by atoms with van der Waals surface area (Å²) in [5.41, 5.74) is 1.54. The summed E-state index contributed by atoms with van der Waals surface area (Å²) in [6, 6.07) is 0.624. The van der Waals surface area contributed by atoms with Crippen LogP contribution in [0.4, 0.5) is 0 Å². The van der Waals surface area contributed by atoms with Gasteiger partial charge in [0.05, 0.1) is 6.20 Å². The average molecular weight is 250 g/mol. The van der Waals surface area contributed by atoms with Crippen molar-refractivity contribution in [3.63, 3.8) is 0 Å². The molecule has 0 spiro atoms. The fourth-order valence-corrected chi connectivity index (χ4v) is 2.52. The molecule has 1 aromatic rings. The molecule has 0 aliphatic carbocycles. The van der Waals surface area contributed by atoms with Crippen molar-refractivity contribution >= 4 is 0 Å². The highest BCUT2D eigenvalue weighted by atomic mass is 15.3. The maximum absolute atomic E-state index is 4.36. The minimum absolute atomic E-state index is 0.222. The molecular formula is C14H26N4. The Kier molecular flexibility index (Phi) is 4.07. The van der Waals surface area contributed by atoms with Crippen LogP contribution in [0.2, 0.25) is 0 Å². The van der Waals surface area contributed by atoms with Gasteiger partial charge >= 0.3 is 0 Å². The number of aromatic nitrogens is 2. The highest BCUT2D eigenvalue weighted by Gasteiger charge is 2.33. The first-order chi connectivity index (χ1) is 8.55. The SMILES string of the molecule is CCC1CN(Cc2cnn(CC)c2)C(C)(C)CN1. The molecule has 0 saturated carbocycles. The molecule has 0 amide bonds. The second-order valence-electron chi connectivity index (χ2n) is 5.88. The molecule has 1 fully saturated rings. The smallest absolute Gasteiger partial charge is 0.0534 e. The van der Waals surface area contributed by atoms with Crippen LogP contribution in [0.1, 0.15) is 39.7 Å². The lowest BCUT2D eigenvalue weighted by atomic mass is 9.96. The lowest BCUT2D eigenvalue weighted by Crippen LogP contribution is -2.61. The molecule has 2 rings (SSSR count). The number of nitrogens with one attached hydrogen (secondary N) is 1. The Morgan fingerprint density at radius 3 is 2.83 bits per heavy atom. The highest BCUT2D eigenvalue weighted by molar-refractivity contribution is 5.06. The average Bonchev–Trinajstić information content (AvgIpc) is 2.79. The third-order valence-corrected chi connectivity index (χ3v) is 4.00. The van der Waals surface area contributed by atoms with Gasteiger partial charge < -0.3 is 5.32 Å². The van der Waals surface area contributed by atoms with Crippen molar-refractivity contribution in [3.8, 4) is 0 Å². The molecule has 1 saturated heterocycles. The lowest BCUT2D eigenvalue weighted by molar-refractivity contribution is 0.0577. The molecular weight excluding hydrogens is 224 g/mol. The zero-order valence-corrected chi connectivity index (χ0v) is 12.1. The number of nitrogens with zero attached hydrogens (tertiary/aromatic N) is 3. The molecule has 1 unspecified atom stereocenters. The van der Waals surface area contributed by atoms with Crippen LogP contribution in [0.15, 0.2) is 12.4 Å². The number of hydrogen-bond donors (Lipinski definition) is 1. The summed E-state index contributed by atoms with van der Waals surface area (Å²) in [6.45, 7) is 13.1. The number of aryl methyl sites for hydroxylation is 1. The van der Waals surface area contributed by atoms with E-state index in [0.29, 0.717) is 6.04 Å². The van der Waals surface area contributed by atoms with Crippen LogP contribution in [-0.4, -0.2) is 39.4 Å². The van der Waals surface area contributed by atoms with Crippen LogP contribution in [0.25, 0.3) is 0 Å². The van der Waals surface area contributed by atoms with Gasteiger partial charge in [-0.05, 0) is 27.2 Å². The Bertz CT molecular complexity index is 383. The van der Waals surface area contributed by atoms with Gasteiger partial charge in [0, 0.05) is 49.5 Å². The number of piperazine rings is 1. The summed E-state index contributed by atoms with van der Waals surface area (Å²) in [6.07, 6.45) is 5.36. The van der Waals surface area contributed by atoms with Crippen LogP contribution in [-0.2, 0) is 13.1 Å². The molecule has 4 heteroatoms. The molecule has 0 radical (unpaired) electrons. The third kappa shape index (κ3) is 2.93. The number of hydrogen-bond acceptors (Lipinski definition) is 3. The van der Waals surface area contributed by atoms with Crippen molar-refractivity contribution in [1.82, 2.24) is 20.0 Å². The van der Waals surface area contributed by atoms with E-state index in [1.807, 2.05) is 10.9 Å². The quantitative estimate of drug-likeness (QED) is 0.885. The van der Waals surface area contributed by atoms with Gasteiger partial charge in [0.25, 0.3) is 0 Å². The maximum Gasteiger partial charge on any atom is 0.0534 e. The topological polar surface area (TPSA) is 33.1 Å². The molecule has 4 nitrogen and oxygen atoms in total. The van der Waals surface area contributed by atoms with Crippen LogP contribution >= 0.6 is 0 Å². The van der Waals surface area contributed by atoms with Crippen molar-refractivity contribution in [3.05, 3.63) is 18.0 Å². The van der Waals surface area contributed by atoms with Crippen molar-refractivity contribution < 1.29 is 0 Å². The fraction of sp³-hybridized carbons (Fsp3) is 0.786. The monoisotopic (exact) mass is 250 g/mol. The molecule has 1 aliphatic rings. The summed E-state index contributed by atoms with van der Waals surface area (Å²) in [5.74, 6) is 0. The Morgan fingerprint density at radius 2 is 2.22 bits per heavy atom. The zero-order valence-electron chi connectivity index (χ0n) is 12.1. The van der Waals surface area contributed by atoms with Crippen LogP contribution < -0.4 is 5.32 Å². The zero-order chi connectivity index (χ0) is 13.2. The summed E-state index contributed by atoms with van der Waals surface area (Å²) in [5, 5.41) is 7.99. The van der Waals surface area contributed by atoms with Gasteiger partial charge in [-0.1, -0.05) is 6.92 Å². The Labute approximate surface area is 110 Å². The summed E-state index contributed by atoms with van der Waals surface area (Å²) in [4.78, 5) is 2.58. The molecule has 0 bridgehead atoms. The normalized spacial score (nSPS) is 24.3. The summed E-state index contributed by atoms with van der Waals surface area (Å²) < 4.78 is 2.00. The van der Waals surface area contributed by atoms with Crippen molar-refractivity contribution in [2.45, 2.75) is 58.8 Å². The van der Waals surface area contributed by atoms with Gasteiger partial charge in [-0.15, -0.1) is 0 Å². The van der Waals surface area contributed by atoms with Crippen LogP contribution in [0, 0.1) is 0 Å². The van der Waals surface area contributed by atoms with E-state index in [9.17, 15) is 0 Å². The van der Waals surface area contributed by atoms with Gasteiger partial charge in [-0.3, -0.25) is 9.58 Å². The van der Waals surface area contributed by atoms with Crippen molar-refractivity contribution in [2.24, 2.45) is 0 Å². The molecule has 2 heterocycles. The Morgan fingerprint density at radius 1 is 1.44 bits per heavy atom. The van der Waals surface area contributed by atoms with E-state index in [4.69, 9.17) is 0 Å². The Balaban J connectivity index is 2.04. The largest absolute Gasteiger partial charge is 0.311 e. The second kappa shape index (κ2) is 5.41. The van der Waals surface area contributed by atoms with E-state index >= 15 is 0 Å². The molecule has 102 valence electrons. The van der Waals surface area contributed by atoms with Crippen molar-refractivity contribution in [1.29, 1.82) is 0 Å². The lowest BCUT2D eigenvalue weighted by Gasteiger charge is -2.46. The Hall–Kier alpha value is -0.870. The van der Waals surface area contributed by atoms with Gasteiger partial charge in [-0.25, -0.2) is 0 Å². The fourth-order valence-electron chi connectivity index (χ4n) is 2.52.